The van der Waals surface area contributed by atoms with E-state index in [-0.39, 0.29) is 6.61 Å². The molecule has 0 radical (unpaired) electrons. The number of hydrogen-bond acceptors (Lipinski definition) is 3. The fourth-order valence-corrected chi connectivity index (χ4v) is 2.04. The molecule has 0 aliphatic heterocycles. The third-order valence-electron chi connectivity index (χ3n) is 2.19. The SMILES string of the molecule is CCCNCc1cc(Cl)cc(Cl)c1OCC(N)=O. The van der Waals surface area contributed by atoms with E-state index in [4.69, 9.17) is 33.7 Å². The van der Waals surface area contributed by atoms with Crippen molar-refractivity contribution in [1.82, 2.24) is 5.32 Å². The number of carbonyl (C=O) groups excluding carboxylic acids is 1. The van der Waals surface area contributed by atoms with Crippen LogP contribution in [0.2, 0.25) is 10.0 Å². The summed E-state index contributed by atoms with van der Waals surface area (Å²) in [5.41, 5.74) is 5.85. The first-order valence-electron chi connectivity index (χ1n) is 5.64. The number of amides is 1. The molecule has 1 amide bonds. The zero-order chi connectivity index (χ0) is 13.5. The molecule has 4 nitrogen and oxygen atoms in total. The van der Waals surface area contributed by atoms with E-state index in [1.165, 1.54) is 0 Å². The highest BCUT2D eigenvalue weighted by Gasteiger charge is 2.11. The van der Waals surface area contributed by atoms with E-state index in [1.54, 1.807) is 12.1 Å². The molecule has 1 aromatic rings. The number of nitrogens with one attached hydrogen (secondary N) is 1. The number of nitrogens with two attached hydrogens (primary N) is 1. The Morgan fingerprint density at radius 1 is 1.44 bits per heavy atom. The van der Waals surface area contributed by atoms with Crippen LogP contribution in [0.5, 0.6) is 5.75 Å². The molecule has 3 N–H and O–H groups in total. The summed E-state index contributed by atoms with van der Waals surface area (Å²) in [4.78, 5) is 10.7. The zero-order valence-corrected chi connectivity index (χ0v) is 11.6. The summed E-state index contributed by atoms with van der Waals surface area (Å²) in [6.07, 6.45) is 1.02. The summed E-state index contributed by atoms with van der Waals surface area (Å²) < 4.78 is 5.31. The average molecular weight is 291 g/mol. The molecule has 18 heavy (non-hydrogen) atoms. The Hall–Kier alpha value is -0.970. The lowest BCUT2D eigenvalue weighted by atomic mass is 10.2. The second-order valence-corrected chi connectivity index (χ2v) is 4.65. The van der Waals surface area contributed by atoms with Crippen molar-refractivity contribution >= 4 is 29.1 Å². The topological polar surface area (TPSA) is 64.3 Å². The maximum absolute atomic E-state index is 10.7. The Balaban J connectivity index is 2.86. The first-order valence-corrected chi connectivity index (χ1v) is 6.40. The molecule has 6 heteroatoms. The molecule has 0 saturated heterocycles. The number of benzene rings is 1. The van der Waals surface area contributed by atoms with Crippen LogP contribution in [0.4, 0.5) is 0 Å². The summed E-state index contributed by atoms with van der Waals surface area (Å²) >= 11 is 12.0. The van der Waals surface area contributed by atoms with Gasteiger partial charge >= 0.3 is 0 Å². The van der Waals surface area contributed by atoms with E-state index in [1.807, 2.05) is 0 Å². The van der Waals surface area contributed by atoms with Crippen LogP contribution in [0.1, 0.15) is 18.9 Å². The summed E-state index contributed by atoms with van der Waals surface area (Å²) in [6, 6.07) is 3.33. The van der Waals surface area contributed by atoms with Crippen molar-refractivity contribution in [2.24, 2.45) is 5.73 Å². The lowest BCUT2D eigenvalue weighted by Crippen LogP contribution is -2.21. The van der Waals surface area contributed by atoms with Crippen LogP contribution in [0.3, 0.4) is 0 Å². The van der Waals surface area contributed by atoms with Gasteiger partial charge in [0, 0.05) is 17.1 Å². The van der Waals surface area contributed by atoms with Crippen LogP contribution < -0.4 is 15.8 Å². The molecule has 0 unspecified atom stereocenters. The van der Waals surface area contributed by atoms with Crippen molar-refractivity contribution in [3.05, 3.63) is 27.7 Å². The minimum atomic E-state index is -0.548. The Labute approximate surface area is 116 Å². The molecule has 1 rings (SSSR count). The molecule has 0 fully saturated rings. The number of halogens is 2. The Morgan fingerprint density at radius 2 is 2.17 bits per heavy atom. The summed E-state index contributed by atoms with van der Waals surface area (Å²) in [6.45, 7) is 3.31. The van der Waals surface area contributed by atoms with Gasteiger partial charge < -0.3 is 15.8 Å². The van der Waals surface area contributed by atoms with Gasteiger partial charge in [-0.3, -0.25) is 4.79 Å². The van der Waals surface area contributed by atoms with Gasteiger partial charge in [0.05, 0.1) is 5.02 Å². The third-order valence-corrected chi connectivity index (χ3v) is 2.69. The van der Waals surface area contributed by atoms with E-state index in [0.29, 0.717) is 22.3 Å². The van der Waals surface area contributed by atoms with Crippen LogP contribution in [-0.2, 0) is 11.3 Å². The van der Waals surface area contributed by atoms with Crippen LogP contribution in [-0.4, -0.2) is 19.1 Å². The molecular formula is C12H16Cl2N2O2. The van der Waals surface area contributed by atoms with Crippen molar-refractivity contribution in [2.75, 3.05) is 13.2 Å². The van der Waals surface area contributed by atoms with Gasteiger partial charge in [-0.1, -0.05) is 30.1 Å². The molecule has 0 aliphatic rings. The summed E-state index contributed by atoms with van der Waals surface area (Å²) in [5.74, 6) is -0.100. The molecule has 0 spiro atoms. The summed E-state index contributed by atoms with van der Waals surface area (Å²) in [5, 5.41) is 4.12. The van der Waals surface area contributed by atoms with Gasteiger partial charge in [-0.05, 0) is 25.1 Å². The number of carbonyl (C=O) groups is 1. The quantitative estimate of drug-likeness (QED) is 0.758. The van der Waals surface area contributed by atoms with Gasteiger partial charge in [-0.25, -0.2) is 0 Å². The zero-order valence-electron chi connectivity index (χ0n) is 10.1. The molecule has 0 aromatic heterocycles. The lowest BCUT2D eigenvalue weighted by molar-refractivity contribution is -0.119. The van der Waals surface area contributed by atoms with Crippen LogP contribution >= 0.6 is 23.2 Å². The van der Waals surface area contributed by atoms with Crippen molar-refractivity contribution in [3.63, 3.8) is 0 Å². The highest BCUT2D eigenvalue weighted by atomic mass is 35.5. The first kappa shape index (κ1) is 15.1. The van der Waals surface area contributed by atoms with E-state index < -0.39 is 5.91 Å². The smallest absolute Gasteiger partial charge is 0.255 e. The molecule has 0 saturated carbocycles. The van der Waals surface area contributed by atoms with Crippen LogP contribution in [0.25, 0.3) is 0 Å². The maximum atomic E-state index is 10.7. The van der Waals surface area contributed by atoms with Gasteiger partial charge in [-0.2, -0.15) is 0 Å². The van der Waals surface area contributed by atoms with E-state index >= 15 is 0 Å². The van der Waals surface area contributed by atoms with Gasteiger partial charge in [0.15, 0.2) is 6.61 Å². The molecule has 1 aromatic carbocycles. The Kier molecular flexibility index (Phi) is 6.25. The molecule has 0 atom stereocenters. The van der Waals surface area contributed by atoms with E-state index in [0.717, 1.165) is 18.5 Å². The van der Waals surface area contributed by atoms with Gasteiger partial charge in [0.1, 0.15) is 5.75 Å². The number of hydrogen-bond donors (Lipinski definition) is 2. The predicted octanol–water partition coefficient (Wildman–Crippen LogP) is 2.36. The number of rotatable bonds is 7. The fourth-order valence-electron chi connectivity index (χ4n) is 1.45. The van der Waals surface area contributed by atoms with E-state index in [2.05, 4.69) is 12.2 Å². The molecular weight excluding hydrogens is 275 g/mol. The molecule has 100 valence electrons. The monoisotopic (exact) mass is 290 g/mol. The second kappa shape index (κ2) is 7.46. The van der Waals surface area contributed by atoms with Gasteiger partial charge in [-0.15, -0.1) is 0 Å². The first-order chi connectivity index (χ1) is 8.54. The second-order valence-electron chi connectivity index (χ2n) is 3.81. The van der Waals surface area contributed by atoms with Crippen molar-refractivity contribution < 1.29 is 9.53 Å². The average Bonchev–Trinajstić information content (AvgIpc) is 2.27. The standard InChI is InChI=1S/C12H16Cl2N2O2/c1-2-3-16-6-8-4-9(13)5-10(14)12(8)18-7-11(15)17/h4-5,16H,2-3,6-7H2,1H3,(H2,15,17). The number of primary amides is 1. The Morgan fingerprint density at radius 3 is 2.78 bits per heavy atom. The maximum Gasteiger partial charge on any atom is 0.255 e. The normalized spacial score (nSPS) is 10.4. The largest absolute Gasteiger partial charge is 0.482 e. The van der Waals surface area contributed by atoms with Crippen molar-refractivity contribution in [3.8, 4) is 5.75 Å². The minimum absolute atomic E-state index is 0.206. The van der Waals surface area contributed by atoms with Gasteiger partial charge in [0.25, 0.3) is 5.91 Å². The third kappa shape index (κ3) is 4.72. The Bertz CT molecular complexity index is 425. The van der Waals surface area contributed by atoms with Crippen molar-refractivity contribution in [1.29, 1.82) is 0 Å². The van der Waals surface area contributed by atoms with Crippen LogP contribution in [0, 0.1) is 0 Å². The van der Waals surface area contributed by atoms with E-state index in [9.17, 15) is 4.79 Å². The summed E-state index contributed by atoms with van der Waals surface area (Å²) in [7, 11) is 0. The highest BCUT2D eigenvalue weighted by Crippen LogP contribution is 2.32. The minimum Gasteiger partial charge on any atom is -0.482 e. The van der Waals surface area contributed by atoms with Crippen molar-refractivity contribution in [2.45, 2.75) is 19.9 Å². The van der Waals surface area contributed by atoms with Gasteiger partial charge in [0.2, 0.25) is 0 Å². The lowest BCUT2D eigenvalue weighted by Gasteiger charge is -2.13. The predicted molar refractivity (Wildman–Crippen MR) is 73.1 cm³/mol. The molecule has 0 heterocycles. The molecule has 0 bridgehead atoms. The highest BCUT2D eigenvalue weighted by molar-refractivity contribution is 6.35. The fraction of sp³-hybridized carbons (Fsp3) is 0.417. The van der Waals surface area contributed by atoms with Crippen LogP contribution in [0.15, 0.2) is 12.1 Å². The number of ether oxygens (including phenoxy) is 1. The molecule has 0 aliphatic carbocycles.